The summed E-state index contributed by atoms with van der Waals surface area (Å²) in [5.74, 6) is -0.614. The first-order valence-corrected chi connectivity index (χ1v) is 7.46. The van der Waals surface area contributed by atoms with Crippen LogP contribution in [0.2, 0.25) is 0 Å². The molecule has 0 saturated heterocycles. The molecule has 0 aliphatic heterocycles. The molecule has 0 aliphatic rings. The van der Waals surface area contributed by atoms with Crippen LogP contribution in [0.1, 0.15) is 6.92 Å². The molecule has 1 aromatic heterocycles. The van der Waals surface area contributed by atoms with Gasteiger partial charge in [0.2, 0.25) is 5.91 Å². The van der Waals surface area contributed by atoms with E-state index in [1.54, 1.807) is 25.3 Å². The zero-order chi connectivity index (χ0) is 16.9. The first-order valence-electron chi connectivity index (χ1n) is 6.58. The van der Waals surface area contributed by atoms with E-state index in [0.717, 1.165) is 12.1 Å². The fourth-order valence-electron chi connectivity index (χ4n) is 1.64. The molecule has 0 aliphatic carbocycles. The minimum Gasteiger partial charge on any atom is -0.406 e. The molecule has 8 heteroatoms. The molecule has 2 aromatic rings. The maximum Gasteiger partial charge on any atom is 0.573 e. The van der Waals surface area contributed by atoms with Crippen LogP contribution in [0, 0.1) is 0 Å². The summed E-state index contributed by atoms with van der Waals surface area (Å²) in [4.78, 5) is 16.2. The number of benzene rings is 1. The van der Waals surface area contributed by atoms with Gasteiger partial charge in [0, 0.05) is 11.9 Å². The third-order valence-electron chi connectivity index (χ3n) is 2.66. The Morgan fingerprint density at radius 2 is 1.91 bits per heavy atom. The third kappa shape index (κ3) is 5.82. The van der Waals surface area contributed by atoms with Gasteiger partial charge < -0.3 is 10.1 Å². The van der Waals surface area contributed by atoms with Gasteiger partial charge >= 0.3 is 6.36 Å². The number of carbonyl (C=O) groups is 1. The van der Waals surface area contributed by atoms with E-state index in [1.807, 2.05) is 6.07 Å². The highest BCUT2D eigenvalue weighted by Gasteiger charge is 2.31. The Morgan fingerprint density at radius 1 is 1.22 bits per heavy atom. The molecular weight excluding hydrogens is 329 g/mol. The number of nitrogens with one attached hydrogen (secondary N) is 1. The molecule has 4 nitrogen and oxygen atoms in total. The van der Waals surface area contributed by atoms with Gasteiger partial charge in [0.1, 0.15) is 5.75 Å². The molecule has 1 N–H and O–H groups in total. The number of aromatic nitrogens is 1. The maximum absolute atomic E-state index is 12.1. The molecule has 1 atom stereocenters. The molecule has 0 saturated carbocycles. The quantitative estimate of drug-likeness (QED) is 0.831. The first-order chi connectivity index (χ1) is 10.8. The monoisotopic (exact) mass is 342 g/mol. The molecule has 0 bridgehead atoms. The summed E-state index contributed by atoms with van der Waals surface area (Å²) in [7, 11) is 0. The van der Waals surface area contributed by atoms with Crippen molar-refractivity contribution < 1.29 is 22.7 Å². The molecule has 1 heterocycles. The molecule has 1 amide bonds. The van der Waals surface area contributed by atoms with Gasteiger partial charge in [-0.15, -0.1) is 13.2 Å². The predicted octanol–water partition coefficient (Wildman–Crippen LogP) is 4.10. The van der Waals surface area contributed by atoms with Gasteiger partial charge in [0.05, 0.1) is 10.3 Å². The van der Waals surface area contributed by atoms with Crippen LogP contribution in [0.15, 0.2) is 53.7 Å². The summed E-state index contributed by atoms with van der Waals surface area (Å²) >= 11 is 1.29. The molecule has 122 valence electrons. The third-order valence-corrected chi connectivity index (χ3v) is 3.71. The lowest BCUT2D eigenvalue weighted by Gasteiger charge is -2.12. The van der Waals surface area contributed by atoms with E-state index >= 15 is 0 Å². The van der Waals surface area contributed by atoms with E-state index in [1.165, 1.54) is 23.9 Å². The normalized spacial score (nSPS) is 12.5. The molecule has 2 rings (SSSR count). The van der Waals surface area contributed by atoms with Crippen LogP contribution in [-0.4, -0.2) is 22.5 Å². The number of nitrogens with zero attached hydrogens (tertiary/aromatic N) is 1. The van der Waals surface area contributed by atoms with Crippen molar-refractivity contribution >= 4 is 23.4 Å². The van der Waals surface area contributed by atoms with Gasteiger partial charge in [-0.2, -0.15) is 0 Å². The second kappa shape index (κ2) is 7.36. The topological polar surface area (TPSA) is 51.2 Å². The standard InChI is InChI=1S/C15H13F3N2O2S/c1-10(23-13-4-2-3-9-19-13)14(21)20-11-5-7-12(8-6-11)22-15(16,17)18/h2-10H,1H3,(H,20,21). The average molecular weight is 342 g/mol. The number of hydrogen-bond acceptors (Lipinski definition) is 4. The number of hydrogen-bond donors (Lipinski definition) is 1. The Labute approximate surface area is 135 Å². The highest BCUT2D eigenvalue weighted by molar-refractivity contribution is 8.00. The second-order valence-electron chi connectivity index (χ2n) is 4.49. The van der Waals surface area contributed by atoms with Gasteiger partial charge in [0.15, 0.2) is 0 Å². The van der Waals surface area contributed by atoms with E-state index in [4.69, 9.17) is 0 Å². The molecule has 23 heavy (non-hydrogen) atoms. The summed E-state index contributed by atoms with van der Waals surface area (Å²) in [6.07, 6.45) is -3.11. The second-order valence-corrected chi connectivity index (χ2v) is 5.85. The number of carbonyl (C=O) groups excluding carboxylic acids is 1. The van der Waals surface area contributed by atoms with Crippen LogP contribution in [0.4, 0.5) is 18.9 Å². The van der Waals surface area contributed by atoms with E-state index in [0.29, 0.717) is 10.7 Å². The summed E-state index contributed by atoms with van der Waals surface area (Å²) in [5, 5.41) is 2.93. The van der Waals surface area contributed by atoms with Crippen molar-refractivity contribution in [3.63, 3.8) is 0 Å². The minimum absolute atomic E-state index is 0.273. The lowest BCUT2D eigenvalue weighted by atomic mass is 10.3. The number of halogens is 3. The van der Waals surface area contributed by atoms with Crippen LogP contribution in [0.25, 0.3) is 0 Å². The molecule has 1 unspecified atom stereocenters. The zero-order valence-electron chi connectivity index (χ0n) is 12.0. The highest BCUT2D eigenvalue weighted by Crippen LogP contribution is 2.25. The highest BCUT2D eigenvalue weighted by atomic mass is 32.2. The van der Waals surface area contributed by atoms with Crippen molar-refractivity contribution in [2.75, 3.05) is 5.32 Å². The Kier molecular flexibility index (Phi) is 5.49. The summed E-state index contributed by atoms with van der Waals surface area (Å²) in [6.45, 7) is 1.72. The smallest absolute Gasteiger partial charge is 0.406 e. The first kappa shape index (κ1) is 17.1. The lowest BCUT2D eigenvalue weighted by Crippen LogP contribution is -2.22. The Balaban J connectivity index is 1.92. The van der Waals surface area contributed by atoms with Gasteiger partial charge in [-0.3, -0.25) is 4.79 Å². The number of ether oxygens (including phenoxy) is 1. The van der Waals surface area contributed by atoms with Crippen molar-refractivity contribution in [2.45, 2.75) is 23.6 Å². The van der Waals surface area contributed by atoms with Crippen molar-refractivity contribution in [3.8, 4) is 5.75 Å². The van der Waals surface area contributed by atoms with Gasteiger partial charge in [-0.1, -0.05) is 17.8 Å². The Bertz CT molecular complexity index is 648. The van der Waals surface area contributed by atoms with E-state index in [-0.39, 0.29) is 11.7 Å². The number of rotatable bonds is 5. The van der Waals surface area contributed by atoms with E-state index < -0.39 is 11.6 Å². The van der Waals surface area contributed by atoms with Crippen LogP contribution < -0.4 is 10.1 Å². The van der Waals surface area contributed by atoms with Crippen LogP contribution in [-0.2, 0) is 4.79 Å². The number of pyridine rings is 1. The van der Waals surface area contributed by atoms with Gasteiger partial charge in [-0.05, 0) is 43.3 Å². The SMILES string of the molecule is CC(Sc1ccccn1)C(=O)Nc1ccc(OC(F)(F)F)cc1. The number of amides is 1. The molecule has 0 spiro atoms. The average Bonchev–Trinajstić information content (AvgIpc) is 2.48. The number of alkyl halides is 3. The summed E-state index contributed by atoms with van der Waals surface area (Å²) < 4.78 is 40.0. The summed E-state index contributed by atoms with van der Waals surface area (Å²) in [5.41, 5.74) is 0.387. The fraction of sp³-hybridized carbons (Fsp3) is 0.200. The molecule has 1 aromatic carbocycles. The Hall–Kier alpha value is -2.22. The van der Waals surface area contributed by atoms with Gasteiger partial charge in [0.25, 0.3) is 0 Å². The van der Waals surface area contributed by atoms with Crippen LogP contribution in [0.5, 0.6) is 5.75 Å². The Morgan fingerprint density at radius 3 is 2.48 bits per heavy atom. The largest absolute Gasteiger partial charge is 0.573 e. The van der Waals surface area contributed by atoms with E-state index in [2.05, 4.69) is 15.0 Å². The van der Waals surface area contributed by atoms with Crippen molar-refractivity contribution in [3.05, 3.63) is 48.7 Å². The predicted molar refractivity (Wildman–Crippen MR) is 81.3 cm³/mol. The summed E-state index contributed by atoms with van der Waals surface area (Å²) in [6, 6.07) is 10.4. The minimum atomic E-state index is -4.74. The maximum atomic E-state index is 12.1. The molecule has 0 radical (unpaired) electrons. The van der Waals surface area contributed by atoms with Crippen LogP contribution in [0.3, 0.4) is 0 Å². The molecular formula is C15H13F3N2O2S. The lowest BCUT2D eigenvalue weighted by molar-refractivity contribution is -0.274. The zero-order valence-corrected chi connectivity index (χ0v) is 12.8. The van der Waals surface area contributed by atoms with Crippen molar-refractivity contribution in [1.29, 1.82) is 0 Å². The van der Waals surface area contributed by atoms with Crippen molar-refractivity contribution in [2.24, 2.45) is 0 Å². The van der Waals surface area contributed by atoms with Gasteiger partial charge in [-0.25, -0.2) is 4.98 Å². The van der Waals surface area contributed by atoms with E-state index in [9.17, 15) is 18.0 Å². The number of thioether (sulfide) groups is 1. The van der Waals surface area contributed by atoms with Crippen LogP contribution >= 0.6 is 11.8 Å². The number of anilines is 1. The van der Waals surface area contributed by atoms with Crippen molar-refractivity contribution in [1.82, 2.24) is 4.98 Å². The fourth-order valence-corrected chi connectivity index (χ4v) is 2.44. The molecule has 0 fully saturated rings.